The van der Waals surface area contributed by atoms with Gasteiger partial charge in [0.25, 0.3) is 0 Å². The average Bonchev–Trinajstić information content (AvgIpc) is 2.37. The predicted molar refractivity (Wildman–Crippen MR) is 76.6 cm³/mol. The topological polar surface area (TPSA) is 50.4 Å². The monoisotopic (exact) mass is 262 g/mol. The van der Waals surface area contributed by atoms with Gasteiger partial charge in [0, 0.05) is 24.2 Å². The minimum Gasteiger partial charge on any atom is -0.493 e. The molecular weight excluding hydrogens is 240 g/mol. The van der Waals surface area contributed by atoms with Crippen LogP contribution >= 0.6 is 0 Å². The van der Waals surface area contributed by atoms with Crippen LogP contribution in [0, 0.1) is 0 Å². The summed E-state index contributed by atoms with van der Waals surface area (Å²) >= 11 is 0. The number of benzene rings is 1. The van der Waals surface area contributed by atoms with Gasteiger partial charge >= 0.3 is 0 Å². The molecule has 0 aliphatic carbocycles. The van der Waals surface area contributed by atoms with Crippen LogP contribution in [0.5, 0.6) is 5.75 Å². The van der Waals surface area contributed by atoms with Crippen molar-refractivity contribution in [3.05, 3.63) is 23.8 Å². The number of ether oxygens (including phenoxy) is 1. The minimum absolute atomic E-state index is 0.0887. The van der Waals surface area contributed by atoms with Crippen LogP contribution in [0.25, 0.3) is 0 Å². The van der Waals surface area contributed by atoms with Crippen molar-refractivity contribution in [3.8, 4) is 5.75 Å². The van der Waals surface area contributed by atoms with E-state index in [9.17, 15) is 4.79 Å². The number of fused-ring (bicyclic) bond motifs is 1. The van der Waals surface area contributed by atoms with Gasteiger partial charge in [0.05, 0.1) is 6.61 Å². The van der Waals surface area contributed by atoms with E-state index in [4.69, 9.17) is 4.74 Å². The second-order valence-electron chi connectivity index (χ2n) is 5.18. The summed E-state index contributed by atoms with van der Waals surface area (Å²) in [5.74, 6) is 0.913. The van der Waals surface area contributed by atoms with Gasteiger partial charge in [-0.1, -0.05) is 19.9 Å². The largest absolute Gasteiger partial charge is 0.493 e. The maximum atomic E-state index is 11.3. The molecule has 2 rings (SSSR count). The molecule has 1 aromatic carbocycles. The number of nitrogens with one attached hydrogen (secondary N) is 2. The normalized spacial score (nSPS) is 14.2. The number of rotatable bonds is 6. The summed E-state index contributed by atoms with van der Waals surface area (Å²) in [6, 6.07) is 6.45. The number of hydrogen-bond donors (Lipinski definition) is 2. The lowest BCUT2D eigenvalue weighted by Crippen LogP contribution is -2.24. The molecule has 1 aliphatic heterocycles. The number of anilines is 1. The molecule has 19 heavy (non-hydrogen) atoms. The molecule has 0 bridgehead atoms. The van der Waals surface area contributed by atoms with Crippen LogP contribution in [-0.2, 0) is 11.2 Å². The SMILES string of the molecule is CC(C)NCCCOc1ccc2c(c1)NC(=O)CC2. The zero-order valence-corrected chi connectivity index (χ0v) is 11.7. The molecule has 0 atom stereocenters. The molecule has 0 aromatic heterocycles. The lowest BCUT2D eigenvalue weighted by Gasteiger charge is -2.17. The molecule has 1 amide bonds. The maximum Gasteiger partial charge on any atom is 0.224 e. The van der Waals surface area contributed by atoms with Gasteiger partial charge in [-0.25, -0.2) is 0 Å². The summed E-state index contributed by atoms with van der Waals surface area (Å²) in [5.41, 5.74) is 2.09. The van der Waals surface area contributed by atoms with E-state index < -0.39 is 0 Å². The van der Waals surface area contributed by atoms with E-state index >= 15 is 0 Å². The van der Waals surface area contributed by atoms with E-state index in [1.165, 1.54) is 5.56 Å². The lowest BCUT2D eigenvalue weighted by atomic mass is 10.0. The van der Waals surface area contributed by atoms with E-state index in [0.29, 0.717) is 19.1 Å². The highest BCUT2D eigenvalue weighted by Crippen LogP contribution is 2.27. The molecule has 4 nitrogen and oxygen atoms in total. The summed E-state index contributed by atoms with van der Waals surface area (Å²) in [5, 5.41) is 6.24. The third-order valence-corrected chi connectivity index (χ3v) is 3.12. The van der Waals surface area contributed by atoms with Crippen LogP contribution < -0.4 is 15.4 Å². The fourth-order valence-electron chi connectivity index (χ4n) is 2.09. The first kappa shape index (κ1) is 13.9. The van der Waals surface area contributed by atoms with Gasteiger partial charge in [0.1, 0.15) is 5.75 Å². The van der Waals surface area contributed by atoms with Gasteiger partial charge in [0.2, 0.25) is 5.91 Å². The number of aryl methyl sites for hydroxylation is 1. The number of carbonyl (C=O) groups is 1. The molecule has 0 spiro atoms. The molecule has 1 aliphatic rings. The molecule has 0 fully saturated rings. The number of carbonyl (C=O) groups excluding carboxylic acids is 1. The highest BCUT2D eigenvalue weighted by atomic mass is 16.5. The highest BCUT2D eigenvalue weighted by Gasteiger charge is 2.14. The Balaban J connectivity index is 1.81. The Hall–Kier alpha value is -1.55. The van der Waals surface area contributed by atoms with Gasteiger partial charge in [-0.2, -0.15) is 0 Å². The molecule has 1 heterocycles. The van der Waals surface area contributed by atoms with E-state index in [1.807, 2.05) is 18.2 Å². The molecule has 1 aromatic rings. The Morgan fingerprint density at radius 2 is 2.21 bits per heavy atom. The van der Waals surface area contributed by atoms with Crippen LogP contribution in [0.2, 0.25) is 0 Å². The number of hydrogen-bond acceptors (Lipinski definition) is 3. The third-order valence-electron chi connectivity index (χ3n) is 3.12. The van der Waals surface area contributed by atoms with Crippen LogP contribution in [-0.4, -0.2) is 25.1 Å². The summed E-state index contributed by atoms with van der Waals surface area (Å²) in [6.45, 7) is 5.91. The Bertz CT molecular complexity index is 444. The molecule has 0 radical (unpaired) electrons. The Labute approximate surface area is 114 Å². The number of amides is 1. The smallest absolute Gasteiger partial charge is 0.224 e. The van der Waals surface area contributed by atoms with Gasteiger partial charge in [-0.05, 0) is 31.0 Å². The van der Waals surface area contributed by atoms with Crippen molar-refractivity contribution < 1.29 is 9.53 Å². The molecule has 0 saturated carbocycles. The Morgan fingerprint density at radius 3 is 3.00 bits per heavy atom. The van der Waals surface area contributed by atoms with Crippen molar-refractivity contribution in [1.29, 1.82) is 0 Å². The van der Waals surface area contributed by atoms with Crippen molar-refractivity contribution in [3.63, 3.8) is 0 Å². The second-order valence-corrected chi connectivity index (χ2v) is 5.18. The molecular formula is C15H22N2O2. The first-order valence-electron chi connectivity index (χ1n) is 6.94. The van der Waals surface area contributed by atoms with Crippen molar-refractivity contribution in [2.75, 3.05) is 18.5 Å². The van der Waals surface area contributed by atoms with Gasteiger partial charge in [-0.3, -0.25) is 4.79 Å². The molecule has 0 unspecified atom stereocenters. The van der Waals surface area contributed by atoms with E-state index in [-0.39, 0.29) is 5.91 Å². The standard InChI is InChI=1S/C15H22N2O2/c1-11(2)16-8-3-9-19-13-6-4-12-5-7-15(18)17-14(12)10-13/h4,6,10-11,16H,3,5,7-9H2,1-2H3,(H,17,18). The summed E-state index contributed by atoms with van der Waals surface area (Å²) in [6.07, 6.45) is 2.37. The molecule has 0 saturated heterocycles. The van der Waals surface area contributed by atoms with Gasteiger partial charge in [0.15, 0.2) is 0 Å². The van der Waals surface area contributed by atoms with Gasteiger partial charge < -0.3 is 15.4 Å². The molecule has 4 heteroatoms. The minimum atomic E-state index is 0.0887. The quantitative estimate of drug-likeness (QED) is 0.774. The second kappa shape index (κ2) is 6.57. The third kappa shape index (κ3) is 4.24. The van der Waals surface area contributed by atoms with E-state index in [1.54, 1.807) is 0 Å². The van der Waals surface area contributed by atoms with Crippen LogP contribution in [0.3, 0.4) is 0 Å². The van der Waals surface area contributed by atoms with Crippen molar-refractivity contribution in [2.24, 2.45) is 0 Å². The highest BCUT2D eigenvalue weighted by molar-refractivity contribution is 5.94. The van der Waals surface area contributed by atoms with Crippen molar-refractivity contribution in [1.82, 2.24) is 5.32 Å². The Kier molecular flexibility index (Phi) is 4.80. The average molecular weight is 262 g/mol. The maximum absolute atomic E-state index is 11.3. The first-order valence-corrected chi connectivity index (χ1v) is 6.94. The van der Waals surface area contributed by atoms with Crippen LogP contribution in [0.4, 0.5) is 5.69 Å². The summed E-state index contributed by atoms with van der Waals surface area (Å²) < 4.78 is 5.70. The van der Waals surface area contributed by atoms with Crippen LogP contribution in [0.15, 0.2) is 18.2 Å². The van der Waals surface area contributed by atoms with E-state index in [0.717, 1.165) is 30.8 Å². The molecule has 104 valence electrons. The fraction of sp³-hybridized carbons (Fsp3) is 0.533. The summed E-state index contributed by atoms with van der Waals surface area (Å²) in [7, 11) is 0. The Morgan fingerprint density at radius 1 is 1.37 bits per heavy atom. The zero-order chi connectivity index (χ0) is 13.7. The predicted octanol–water partition coefficient (Wildman–Crippen LogP) is 2.34. The van der Waals surface area contributed by atoms with Crippen LogP contribution in [0.1, 0.15) is 32.3 Å². The molecule has 2 N–H and O–H groups in total. The van der Waals surface area contributed by atoms with Crippen molar-refractivity contribution >= 4 is 11.6 Å². The van der Waals surface area contributed by atoms with E-state index in [2.05, 4.69) is 24.5 Å². The fourth-order valence-corrected chi connectivity index (χ4v) is 2.09. The summed E-state index contributed by atoms with van der Waals surface area (Å²) in [4.78, 5) is 11.3. The lowest BCUT2D eigenvalue weighted by molar-refractivity contribution is -0.116. The first-order chi connectivity index (χ1) is 9.15. The zero-order valence-electron chi connectivity index (χ0n) is 11.7. The van der Waals surface area contributed by atoms with Gasteiger partial charge in [-0.15, -0.1) is 0 Å². The van der Waals surface area contributed by atoms with Crippen molar-refractivity contribution in [2.45, 2.75) is 39.2 Å².